The molecule has 0 rings (SSSR count). The Hall–Kier alpha value is -2.37. The molecule has 1 atom stereocenters. The van der Waals surface area contributed by atoms with Crippen molar-refractivity contribution in [2.24, 2.45) is 0 Å². The Labute approximate surface area is 397 Å². The van der Waals surface area contributed by atoms with Gasteiger partial charge in [0.05, 0.1) is 0 Å². The van der Waals surface area contributed by atoms with Crippen molar-refractivity contribution in [1.29, 1.82) is 0 Å². The summed E-state index contributed by atoms with van der Waals surface area (Å²) in [5.41, 5.74) is 0. The molecule has 0 aliphatic rings. The van der Waals surface area contributed by atoms with Crippen LogP contribution in [0.1, 0.15) is 297 Å². The number of carbonyl (C=O) groups excluding carboxylic acids is 3. The van der Waals surface area contributed by atoms with E-state index >= 15 is 0 Å². The van der Waals surface area contributed by atoms with Gasteiger partial charge in [0.15, 0.2) is 6.10 Å². The van der Waals surface area contributed by atoms with Crippen LogP contribution in [0.15, 0.2) is 36.5 Å². The normalized spacial score (nSPS) is 12.2. The van der Waals surface area contributed by atoms with Crippen LogP contribution in [-0.4, -0.2) is 37.2 Å². The maximum Gasteiger partial charge on any atom is 0.306 e. The van der Waals surface area contributed by atoms with Crippen molar-refractivity contribution in [3.63, 3.8) is 0 Å². The second-order valence-electron chi connectivity index (χ2n) is 18.8. The third-order valence-electron chi connectivity index (χ3n) is 12.4. The third-order valence-corrected chi connectivity index (χ3v) is 12.4. The molecule has 0 aromatic heterocycles. The van der Waals surface area contributed by atoms with E-state index in [-0.39, 0.29) is 31.1 Å². The first-order valence-electron chi connectivity index (χ1n) is 28.0. The maximum atomic E-state index is 12.7. The van der Waals surface area contributed by atoms with E-state index in [4.69, 9.17) is 14.2 Å². The lowest BCUT2D eigenvalue weighted by Gasteiger charge is -2.18. The Morgan fingerprint density at radius 1 is 0.328 bits per heavy atom. The van der Waals surface area contributed by atoms with Crippen LogP contribution in [0.4, 0.5) is 0 Å². The highest BCUT2D eigenvalue weighted by Gasteiger charge is 2.19. The molecule has 374 valence electrons. The minimum absolute atomic E-state index is 0.0759. The summed E-state index contributed by atoms with van der Waals surface area (Å²) in [6, 6.07) is 0. The first kappa shape index (κ1) is 61.6. The molecule has 0 N–H and O–H groups in total. The van der Waals surface area contributed by atoms with Crippen molar-refractivity contribution in [3.8, 4) is 0 Å². The van der Waals surface area contributed by atoms with Crippen molar-refractivity contribution in [2.75, 3.05) is 13.2 Å². The Balaban J connectivity index is 4.06. The molecule has 0 aromatic rings. The monoisotopic (exact) mass is 899 g/mol. The summed E-state index contributed by atoms with van der Waals surface area (Å²) in [5, 5.41) is 0. The van der Waals surface area contributed by atoms with Gasteiger partial charge in [-0.25, -0.2) is 0 Å². The highest BCUT2D eigenvalue weighted by molar-refractivity contribution is 5.71. The SMILES string of the molecule is CC/C=C\C/C=C\C/C=C\CCCCCCCC(=O)OC(COC(=O)CCCCCCCC)COC(=O)CCCCCCCCCCCCCCCCCCCCCCCCCCC. The second-order valence-corrected chi connectivity index (χ2v) is 18.8. The van der Waals surface area contributed by atoms with E-state index in [1.54, 1.807) is 0 Å². The van der Waals surface area contributed by atoms with Crippen molar-refractivity contribution >= 4 is 17.9 Å². The Kier molecular flexibility index (Phi) is 51.3. The van der Waals surface area contributed by atoms with Gasteiger partial charge in [-0.2, -0.15) is 0 Å². The Morgan fingerprint density at radius 3 is 0.953 bits per heavy atom. The molecule has 0 aliphatic carbocycles. The zero-order valence-electron chi connectivity index (χ0n) is 42.8. The van der Waals surface area contributed by atoms with E-state index in [2.05, 4.69) is 57.2 Å². The molecule has 1 unspecified atom stereocenters. The van der Waals surface area contributed by atoms with Gasteiger partial charge in [-0.15, -0.1) is 0 Å². The van der Waals surface area contributed by atoms with Gasteiger partial charge < -0.3 is 14.2 Å². The predicted octanol–water partition coefficient (Wildman–Crippen LogP) is 18.5. The summed E-state index contributed by atoms with van der Waals surface area (Å²) in [6.07, 6.45) is 63.2. The summed E-state index contributed by atoms with van der Waals surface area (Å²) in [4.78, 5) is 37.8. The lowest BCUT2D eigenvalue weighted by molar-refractivity contribution is -0.167. The quantitative estimate of drug-likeness (QED) is 0.0262. The van der Waals surface area contributed by atoms with Gasteiger partial charge in [-0.1, -0.05) is 263 Å². The van der Waals surface area contributed by atoms with Crippen molar-refractivity contribution < 1.29 is 28.6 Å². The molecule has 0 saturated carbocycles. The predicted molar refractivity (Wildman–Crippen MR) is 275 cm³/mol. The van der Waals surface area contributed by atoms with Crippen molar-refractivity contribution in [1.82, 2.24) is 0 Å². The fourth-order valence-electron chi connectivity index (χ4n) is 8.22. The van der Waals surface area contributed by atoms with Gasteiger partial charge in [-0.3, -0.25) is 14.4 Å². The van der Waals surface area contributed by atoms with Gasteiger partial charge in [-0.05, 0) is 51.4 Å². The Bertz CT molecular complexity index is 1080. The largest absolute Gasteiger partial charge is 0.462 e. The van der Waals surface area contributed by atoms with Crippen molar-refractivity contribution in [2.45, 2.75) is 303 Å². The smallest absolute Gasteiger partial charge is 0.306 e. The minimum Gasteiger partial charge on any atom is -0.462 e. The van der Waals surface area contributed by atoms with E-state index in [0.717, 1.165) is 96.3 Å². The molecule has 0 bridgehead atoms. The molecular weight excluding hydrogens is 793 g/mol. The Morgan fingerprint density at radius 2 is 0.609 bits per heavy atom. The van der Waals surface area contributed by atoms with Crippen molar-refractivity contribution in [3.05, 3.63) is 36.5 Å². The van der Waals surface area contributed by atoms with Gasteiger partial charge in [0.25, 0.3) is 0 Å². The van der Waals surface area contributed by atoms with Gasteiger partial charge in [0.2, 0.25) is 0 Å². The topological polar surface area (TPSA) is 78.9 Å². The molecular formula is C58H106O6. The summed E-state index contributed by atoms with van der Waals surface area (Å²) in [6.45, 7) is 6.49. The molecule has 6 heteroatoms. The number of unbranched alkanes of at least 4 members (excludes halogenated alkanes) is 34. The van der Waals surface area contributed by atoms with Crippen LogP contribution in [0.5, 0.6) is 0 Å². The standard InChI is InChI=1S/C58H106O6/c1-4-7-10-13-16-18-20-22-24-25-26-27-28-29-30-31-32-33-35-36-38-40-42-45-48-51-57(60)63-54-55(53-62-56(59)50-47-44-15-12-9-6-3)64-58(61)52-49-46-43-41-39-37-34-23-21-19-17-14-11-8-5-2/h8,11,17,19,23,34,55H,4-7,9-10,12-16,18,20-22,24-33,35-54H2,1-3H3/b11-8-,19-17-,34-23-. The van der Waals surface area contributed by atoms with E-state index in [1.807, 2.05) is 0 Å². The average molecular weight is 899 g/mol. The molecule has 0 radical (unpaired) electrons. The van der Waals surface area contributed by atoms with Crippen LogP contribution in [-0.2, 0) is 28.6 Å². The highest BCUT2D eigenvalue weighted by Crippen LogP contribution is 2.17. The molecule has 0 aromatic carbocycles. The summed E-state index contributed by atoms with van der Waals surface area (Å²) < 4.78 is 16.7. The van der Waals surface area contributed by atoms with E-state index in [1.165, 1.54) is 161 Å². The van der Waals surface area contributed by atoms with Gasteiger partial charge >= 0.3 is 17.9 Å². The van der Waals surface area contributed by atoms with Crippen LogP contribution in [0.25, 0.3) is 0 Å². The number of allylic oxidation sites excluding steroid dienone is 6. The van der Waals surface area contributed by atoms with Gasteiger partial charge in [0, 0.05) is 19.3 Å². The number of hydrogen-bond donors (Lipinski definition) is 0. The highest BCUT2D eigenvalue weighted by atomic mass is 16.6. The van der Waals surface area contributed by atoms with Crippen LogP contribution < -0.4 is 0 Å². The van der Waals surface area contributed by atoms with Crippen LogP contribution in [0.2, 0.25) is 0 Å². The third kappa shape index (κ3) is 50.6. The lowest BCUT2D eigenvalue weighted by Crippen LogP contribution is -2.30. The zero-order valence-corrected chi connectivity index (χ0v) is 42.8. The van der Waals surface area contributed by atoms with Crippen LogP contribution >= 0.6 is 0 Å². The van der Waals surface area contributed by atoms with E-state index in [9.17, 15) is 14.4 Å². The molecule has 6 nitrogen and oxygen atoms in total. The van der Waals surface area contributed by atoms with E-state index < -0.39 is 6.10 Å². The minimum atomic E-state index is -0.775. The molecule has 0 aliphatic heterocycles. The molecule has 0 heterocycles. The summed E-state index contributed by atoms with van der Waals surface area (Å²) in [5.74, 6) is -0.890. The fraction of sp³-hybridized carbons (Fsp3) is 0.845. The number of carbonyl (C=O) groups is 3. The fourth-order valence-corrected chi connectivity index (χ4v) is 8.22. The summed E-state index contributed by atoms with van der Waals surface area (Å²) in [7, 11) is 0. The first-order valence-corrected chi connectivity index (χ1v) is 28.0. The lowest BCUT2D eigenvalue weighted by atomic mass is 10.0. The molecule has 64 heavy (non-hydrogen) atoms. The zero-order chi connectivity index (χ0) is 46.5. The average Bonchev–Trinajstić information content (AvgIpc) is 3.29. The first-order chi connectivity index (χ1) is 31.5. The molecule has 0 saturated heterocycles. The number of rotatable bonds is 51. The maximum absolute atomic E-state index is 12.7. The molecule has 0 spiro atoms. The molecule has 0 fully saturated rings. The number of hydrogen-bond acceptors (Lipinski definition) is 6. The van der Waals surface area contributed by atoms with Crippen LogP contribution in [0, 0.1) is 0 Å². The molecule has 0 amide bonds. The van der Waals surface area contributed by atoms with Gasteiger partial charge in [0.1, 0.15) is 13.2 Å². The number of ether oxygens (including phenoxy) is 3. The second kappa shape index (κ2) is 53.2. The number of esters is 3. The van der Waals surface area contributed by atoms with E-state index in [0.29, 0.717) is 19.3 Å². The van der Waals surface area contributed by atoms with Crippen LogP contribution in [0.3, 0.4) is 0 Å². The summed E-state index contributed by atoms with van der Waals surface area (Å²) >= 11 is 0.